The molecule has 1 fully saturated rings. The number of benzene rings is 1. The number of carboxylic acid groups (broad SMARTS) is 1. The quantitative estimate of drug-likeness (QED) is 0.630. The van der Waals surface area contributed by atoms with Gasteiger partial charge in [0.25, 0.3) is 5.69 Å². The van der Waals surface area contributed by atoms with Crippen LogP contribution in [-0.2, 0) is 0 Å². The molecule has 19 heavy (non-hydrogen) atoms. The van der Waals surface area contributed by atoms with E-state index in [4.69, 9.17) is 5.11 Å². The van der Waals surface area contributed by atoms with Crippen LogP contribution in [0.5, 0.6) is 0 Å². The summed E-state index contributed by atoms with van der Waals surface area (Å²) in [4.78, 5) is 21.2. The fourth-order valence-electron chi connectivity index (χ4n) is 2.13. The van der Waals surface area contributed by atoms with Gasteiger partial charge < -0.3 is 10.4 Å². The Morgan fingerprint density at radius 1 is 1.58 bits per heavy atom. The van der Waals surface area contributed by atoms with Crippen molar-refractivity contribution in [3.63, 3.8) is 0 Å². The fourth-order valence-corrected chi connectivity index (χ4v) is 2.13. The van der Waals surface area contributed by atoms with Crippen molar-refractivity contribution >= 4 is 17.3 Å². The zero-order chi connectivity index (χ0) is 14.2. The maximum absolute atomic E-state index is 11.1. The van der Waals surface area contributed by atoms with Gasteiger partial charge in [0, 0.05) is 24.4 Å². The SMILES string of the molecule is CC1(C)CC1CNc1ccc([N+](=O)[O-])cc1C(=O)O. The van der Waals surface area contributed by atoms with Crippen LogP contribution < -0.4 is 5.32 Å². The summed E-state index contributed by atoms with van der Waals surface area (Å²) in [5.41, 5.74) is 0.458. The van der Waals surface area contributed by atoms with E-state index >= 15 is 0 Å². The first kappa shape index (κ1) is 13.3. The molecule has 1 unspecified atom stereocenters. The van der Waals surface area contributed by atoms with Crippen molar-refractivity contribution < 1.29 is 14.8 Å². The molecule has 1 saturated carbocycles. The largest absolute Gasteiger partial charge is 0.478 e. The number of nitrogens with zero attached hydrogens (tertiary/aromatic N) is 1. The van der Waals surface area contributed by atoms with Crippen LogP contribution in [0, 0.1) is 21.4 Å². The van der Waals surface area contributed by atoms with Crippen molar-refractivity contribution in [3.05, 3.63) is 33.9 Å². The summed E-state index contributed by atoms with van der Waals surface area (Å²) in [7, 11) is 0. The molecule has 0 heterocycles. The van der Waals surface area contributed by atoms with E-state index in [0.717, 1.165) is 12.5 Å². The monoisotopic (exact) mass is 264 g/mol. The summed E-state index contributed by atoms with van der Waals surface area (Å²) >= 11 is 0. The lowest BCUT2D eigenvalue weighted by molar-refractivity contribution is -0.384. The Morgan fingerprint density at radius 2 is 2.21 bits per heavy atom. The highest BCUT2D eigenvalue weighted by Gasteiger charge is 2.45. The highest BCUT2D eigenvalue weighted by Crippen LogP contribution is 2.51. The van der Waals surface area contributed by atoms with Crippen LogP contribution in [0.15, 0.2) is 18.2 Å². The van der Waals surface area contributed by atoms with E-state index in [1.54, 1.807) is 0 Å². The molecule has 0 radical (unpaired) electrons. The number of hydrogen-bond acceptors (Lipinski definition) is 4. The van der Waals surface area contributed by atoms with Gasteiger partial charge in [0.15, 0.2) is 0 Å². The number of nitrogens with one attached hydrogen (secondary N) is 1. The number of carbonyl (C=O) groups is 1. The van der Waals surface area contributed by atoms with Gasteiger partial charge >= 0.3 is 5.97 Å². The molecule has 2 rings (SSSR count). The maximum atomic E-state index is 11.1. The highest BCUT2D eigenvalue weighted by atomic mass is 16.6. The second-order valence-electron chi connectivity index (χ2n) is 5.56. The zero-order valence-electron chi connectivity index (χ0n) is 10.8. The average molecular weight is 264 g/mol. The van der Waals surface area contributed by atoms with Gasteiger partial charge in [-0.1, -0.05) is 13.8 Å². The topological polar surface area (TPSA) is 92.5 Å². The standard InChI is InChI=1S/C13H16N2O4/c1-13(2)6-8(13)7-14-11-4-3-9(15(18)19)5-10(11)12(16)17/h3-5,8,14H,6-7H2,1-2H3,(H,16,17). The summed E-state index contributed by atoms with van der Waals surface area (Å²) in [6.07, 6.45) is 1.11. The summed E-state index contributed by atoms with van der Waals surface area (Å²) < 4.78 is 0. The molecule has 0 spiro atoms. The number of rotatable bonds is 5. The number of non-ortho nitro benzene ring substituents is 1. The minimum Gasteiger partial charge on any atom is -0.478 e. The first-order chi connectivity index (χ1) is 8.81. The molecule has 6 nitrogen and oxygen atoms in total. The van der Waals surface area contributed by atoms with E-state index in [-0.39, 0.29) is 11.3 Å². The molecule has 2 N–H and O–H groups in total. The third kappa shape index (κ3) is 2.83. The van der Waals surface area contributed by atoms with Gasteiger partial charge in [0.2, 0.25) is 0 Å². The smallest absolute Gasteiger partial charge is 0.338 e. The van der Waals surface area contributed by atoms with Crippen molar-refractivity contribution in [2.75, 3.05) is 11.9 Å². The second kappa shape index (κ2) is 4.53. The molecule has 1 aliphatic carbocycles. The van der Waals surface area contributed by atoms with Crippen LogP contribution in [0.3, 0.4) is 0 Å². The van der Waals surface area contributed by atoms with E-state index in [1.807, 2.05) is 0 Å². The molecule has 6 heteroatoms. The third-order valence-electron chi connectivity index (χ3n) is 3.70. The van der Waals surface area contributed by atoms with Crippen molar-refractivity contribution in [2.45, 2.75) is 20.3 Å². The molecule has 1 aromatic rings. The Morgan fingerprint density at radius 3 is 2.68 bits per heavy atom. The molecule has 0 aliphatic heterocycles. The Bertz CT molecular complexity index is 539. The molecule has 0 amide bonds. The molecule has 102 valence electrons. The summed E-state index contributed by atoms with van der Waals surface area (Å²) in [5, 5.41) is 22.8. The molecule has 0 bridgehead atoms. The first-order valence-electron chi connectivity index (χ1n) is 6.07. The van der Waals surface area contributed by atoms with Crippen LogP contribution in [-0.4, -0.2) is 22.5 Å². The van der Waals surface area contributed by atoms with Crippen molar-refractivity contribution in [3.8, 4) is 0 Å². The third-order valence-corrected chi connectivity index (χ3v) is 3.70. The van der Waals surface area contributed by atoms with E-state index in [0.29, 0.717) is 23.6 Å². The number of nitro benzene ring substituents is 1. The van der Waals surface area contributed by atoms with Gasteiger partial charge in [-0.3, -0.25) is 10.1 Å². The molecule has 1 aliphatic rings. The van der Waals surface area contributed by atoms with Gasteiger partial charge in [-0.15, -0.1) is 0 Å². The van der Waals surface area contributed by atoms with Crippen molar-refractivity contribution in [2.24, 2.45) is 11.3 Å². The van der Waals surface area contributed by atoms with Gasteiger partial charge in [0.05, 0.1) is 10.5 Å². The van der Waals surface area contributed by atoms with Crippen LogP contribution in [0.25, 0.3) is 0 Å². The lowest BCUT2D eigenvalue weighted by Crippen LogP contribution is -2.11. The Kier molecular flexibility index (Phi) is 3.18. The zero-order valence-corrected chi connectivity index (χ0v) is 10.8. The van der Waals surface area contributed by atoms with E-state index in [2.05, 4.69) is 19.2 Å². The summed E-state index contributed by atoms with van der Waals surface area (Å²) in [5.74, 6) is -0.648. The normalized spacial score (nSPS) is 19.8. The molecule has 0 saturated heterocycles. The first-order valence-corrected chi connectivity index (χ1v) is 6.07. The van der Waals surface area contributed by atoms with Crippen molar-refractivity contribution in [1.82, 2.24) is 0 Å². The number of aromatic carboxylic acids is 1. The predicted octanol–water partition coefficient (Wildman–Crippen LogP) is 2.75. The number of anilines is 1. The van der Waals surface area contributed by atoms with Gasteiger partial charge in [-0.25, -0.2) is 4.79 Å². The van der Waals surface area contributed by atoms with Gasteiger partial charge in [-0.05, 0) is 23.8 Å². The Labute approximate surface area is 110 Å². The van der Waals surface area contributed by atoms with E-state index in [9.17, 15) is 14.9 Å². The summed E-state index contributed by atoms with van der Waals surface area (Å²) in [6, 6.07) is 3.85. The van der Waals surface area contributed by atoms with Gasteiger partial charge in [0.1, 0.15) is 0 Å². The van der Waals surface area contributed by atoms with Gasteiger partial charge in [-0.2, -0.15) is 0 Å². The molecule has 0 aromatic heterocycles. The minimum absolute atomic E-state index is 0.0624. The lowest BCUT2D eigenvalue weighted by Gasteiger charge is -2.10. The molecular weight excluding hydrogens is 248 g/mol. The molecule has 1 atom stereocenters. The number of nitro groups is 1. The predicted molar refractivity (Wildman–Crippen MR) is 70.4 cm³/mol. The minimum atomic E-state index is -1.17. The Hall–Kier alpha value is -2.11. The van der Waals surface area contributed by atoms with E-state index < -0.39 is 10.9 Å². The van der Waals surface area contributed by atoms with Crippen molar-refractivity contribution in [1.29, 1.82) is 0 Å². The van der Waals surface area contributed by atoms with Crippen LogP contribution >= 0.6 is 0 Å². The average Bonchev–Trinajstić information content (AvgIpc) is 2.94. The fraction of sp³-hybridized carbons (Fsp3) is 0.462. The maximum Gasteiger partial charge on any atom is 0.338 e. The van der Waals surface area contributed by atoms with Crippen LogP contribution in [0.4, 0.5) is 11.4 Å². The Balaban J connectivity index is 2.15. The molecule has 1 aromatic carbocycles. The second-order valence-corrected chi connectivity index (χ2v) is 5.56. The molecular formula is C13H16N2O4. The number of carboxylic acids is 1. The number of hydrogen-bond donors (Lipinski definition) is 2. The summed E-state index contributed by atoms with van der Waals surface area (Å²) in [6.45, 7) is 5.01. The van der Waals surface area contributed by atoms with Crippen LogP contribution in [0.1, 0.15) is 30.6 Å². The van der Waals surface area contributed by atoms with Crippen LogP contribution in [0.2, 0.25) is 0 Å². The highest BCUT2D eigenvalue weighted by molar-refractivity contribution is 5.95. The lowest BCUT2D eigenvalue weighted by atomic mass is 10.1. The van der Waals surface area contributed by atoms with E-state index in [1.165, 1.54) is 12.1 Å².